The van der Waals surface area contributed by atoms with Gasteiger partial charge in [0.15, 0.2) is 5.82 Å². The summed E-state index contributed by atoms with van der Waals surface area (Å²) in [4.78, 5) is 13.7. The molecule has 0 radical (unpaired) electrons. The summed E-state index contributed by atoms with van der Waals surface area (Å²) in [5.41, 5.74) is -0.433. The van der Waals surface area contributed by atoms with Crippen molar-refractivity contribution < 1.29 is 9.26 Å². The van der Waals surface area contributed by atoms with Gasteiger partial charge in [-0.3, -0.25) is 9.51 Å². The van der Waals surface area contributed by atoms with Gasteiger partial charge >= 0.3 is 5.76 Å². The van der Waals surface area contributed by atoms with Crippen LogP contribution < -0.4 is 5.76 Å². The minimum absolute atomic E-state index is 0.433. The molecule has 1 aliphatic rings. The van der Waals surface area contributed by atoms with Gasteiger partial charge in [-0.1, -0.05) is 30.8 Å². The second kappa shape index (κ2) is 4.82. The largest absolute Gasteiger partial charge is 0.439 e. The standard InChI is InChI=1S/C11H18N2O3/c1-2-15-11(7-5-3-4-6-8-11)9-12-10(14)16-13-9/h2-8H2,1H3,(H,12,13,14). The Morgan fingerprint density at radius 1 is 1.38 bits per heavy atom. The van der Waals surface area contributed by atoms with Crippen molar-refractivity contribution in [2.45, 2.75) is 51.0 Å². The van der Waals surface area contributed by atoms with Crippen LogP contribution in [-0.4, -0.2) is 16.7 Å². The molecule has 0 spiro atoms. The fourth-order valence-electron chi connectivity index (χ4n) is 2.45. The van der Waals surface area contributed by atoms with Gasteiger partial charge in [0.2, 0.25) is 0 Å². The zero-order valence-electron chi connectivity index (χ0n) is 9.62. The number of aromatic nitrogens is 2. The van der Waals surface area contributed by atoms with Gasteiger partial charge in [0.05, 0.1) is 0 Å². The number of nitrogens with zero attached hydrogens (tertiary/aromatic N) is 1. The van der Waals surface area contributed by atoms with E-state index < -0.39 is 11.4 Å². The Labute approximate surface area is 94.2 Å². The fraction of sp³-hybridized carbons (Fsp3) is 0.818. The maximum atomic E-state index is 11.0. The van der Waals surface area contributed by atoms with Crippen molar-refractivity contribution in [3.63, 3.8) is 0 Å². The van der Waals surface area contributed by atoms with Crippen molar-refractivity contribution in [1.29, 1.82) is 0 Å². The third-order valence-corrected chi connectivity index (χ3v) is 3.20. The lowest BCUT2D eigenvalue weighted by molar-refractivity contribution is -0.0636. The average Bonchev–Trinajstić information content (AvgIpc) is 2.57. The van der Waals surface area contributed by atoms with Gasteiger partial charge < -0.3 is 4.74 Å². The maximum Gasteiger partial charge on any atom is 0.439 e. The summed E-state index contributed by atoms with van der Waals surface area (Å²) in [7, 11) is 0. The molecule has 2 rings (SSSR count). The van der Waals surface area contributed by atoms with Crippen LogP contribution in [0.5, 0.6) is 0 Å². The summed E-state index contributed by atoms with van der Waals surface area (Å²) < 4.78 is 10.4. The number of ether oxygens (including phenoxy) is 1. The Morgan fingerprint density at radius 3 is 2.56 bits per heavy atom. The van der Waals surface area contributed by atoms with Crippen molar-refractivity contribution in [1.82, 2.24) is 10.1 Å². The van der Waals surface area contributed by atoms with Gasteiger partial charge in [-0.25, -0.2) is 4.79 Å². The summed E-state index contributed by atoms with van der Waals surface area (Å²) in [6.45, 7) is 2.58. The van der Waals surface area contributed by atoms with Crippen molar-refractivity contribution >= 4 is 0 Å². The van der Waals surface area contributed by atoms with Crippen LogP contribution in [0.2, 0.25) is 0 Å². The Hall–Kier alpha value is -1.10. The molecule has 1 N–H and O–H groups in total. The molecule has 1 saturated carbocycles. The maximum absolute atomic E-state index is 11.0. The van der Waals surface area contributed by atoms with E-state index in [2.05, 4.69) is 14.7 Å². The van der Waals surface area contributed by atoms with E-state index in [1.807, 2.05) is 6.92 Å². The van der Waals surface area contributed by atoms with E-state index in [4.69, 9.17) is 4.74 Å². The van der Waals surface area contributed by atoms with E-state index in [9.17, 15) is 4.79 Å². The Morgan fingerprint density at radius 2 is 2.06 bits per heavy atom. The average molecular weight is 226 g/mol. The molecule has 0 aliphatic heterocycles. The van der Waals surface area contributed by atoms with Crippen LogP contribution >= 0.6 is 0 Å². The molecule has 16 heavy (non-hydrogen) atoms. The molecule has 1 aliphatic carbocycles. The van der Waals surface area contributed by atoms with Gasteiger partial charge in [-0.15, -0.1) is 0 Å². The van der Waals surface area contributed by atoms with Crippen molar-refractivity contribution in [3.8, 4) is 0 Å². The Balaban J connectivity index is 2.29. The molecule has 5 heteroatoms. The number of hydrogen-bond donors (Lipinski definition) is 1. The van der Waals surface area contributed by atoms with Crippen LogP contribution in [0, 0.1) is 0 Å². The fourth-order valence-corrected chi connectivity index (χ4v) is 2.45. The lowest BCUT2D eigenvalue weighted by Crippen LogP contribution is -2.31. The molecule has 1 fully saturated rings. The molecule has 0 saturated heterocycles. The van der Waals surface area contributed by atoms with Gasteiger partial charge in [-0.05, 0) is 19.8 Å². The normalized spacial score (nSPS) is 20.6. The Kier molecular flexibility index (Phi) is 3.43. The quantitative estimate of drug-likeness (QED) is 0.800. The number of nitrogens with one attached hydrogen (secondary N) is 1. The summed E-state index contributed by atoms with van der Waals surface area (Å²) >= 11 is 0. The highest BCUT2D eigenvalue weighted by Crippen LogP contribution is 2.37. The minimum Gasteiger partial charge on any atom is -0.367 e. The van der Waals surface area contributed by atoms with Crippen LogP contribution in [-0.2, 0) is 10.3 Å². The second-order valence-corrected chi connectivity index (χ2v) is 4.29. The predicted molar refractivity (Wildman–Crippen MR) is 58.1 cm³/mol. The summed E-state index contributed by atoms with van der Waals surface area (Å²) in [5, 5.41) is 3.80. The molecule has 1 aromatic heterocycles. The van der Waals surface area contributed by atoms with Crippen molar-refractivity contribution in [2.24, 2.45) is 0 Å². The smallest absolute Gasteiger partial charge is 0.367 e. The third kappa shape index (κ3) is 2.19. The predicted octanol–water partition coefficient (Wildman–Crippen LogP) is 1.95. The zero-order valence-corrected chi connectivity index (χ0v) is 9.62. The van der Waals surface area contributed by atoms with E-state index in [0.717, 1.165) is 25.7 Å². The van der Waals surface area contributed by atoms with Gasteiger partial charge in [0.25, 0.3) is 0 Å². The highest BCUT2D eigenvalue weighted by Gasteiger charge is 2.37. The molecule has 1 aromatic rings. The first-order valence-corrected chi connectivity index (χ1v) is 5.97. The van der Waals surface area contributed by atoms with E-state index in [1.165, 1.54) is 12.8 Å². The number of rotatable bonds is 3. The van der Waals surface area contributed by atoms with E-state index >= 15 is 0 Å². The molecule has 90 valence electrons. The van der Waals surface area contributed by atoms with E-state index in [1.54, 1.807) is 0 Å². The first-order valence-electron chi connectivity index (χ1n) is 5.97. The van der Waals surface area contributed by atoms with Crippen LogP contribution in [0.3, 0.4) is 0 Å². The molecule has 0 amide bonds. The zero-order chi connectivity index (χ0) is 11.4. The molecule has 0 unspecified atom stereocenters. The number of H-pyrrole nitrogens is 1. The highest BCUT2D eigenvalue weighted by atomic mass is 16.5. The molecule has 0 atom stereocenters. The van der Waals surface area contributed by atoms with Crippen LogP contribution in [0.25, 0.3) is 0 Å². The topological polar surface area (TPSA) is 68.1 Å². The van der Waals surface area contributed by atoms with Crippen LogP contribution in [0.15, 0.2) is 9.32 Å². The van der Waals surface area contributed by atoms with Gasteiger partial charge in [-0.2, -0.15) is 0 Å². The van der Waals surface area contributed by atoms with Gasteiger partial charge in [0, 0.05) is 6.61 Å². The van der Waals surface area contributed by atoms with Crippen molar-refractivity contribution in [2.75, 3.05) is 6.61 Å². The minimum atomic E-state index is -0.502. The summed E-state index contributed by atoms with van der Waals surface area (Å²) in [6, 6.07) is 0. The van der Waals surface area contributed by atoms with Gasteiger partial charge in [0.1, 0.15) is 5.60 Å². The Bertz CT molecular complexity index is 375. The highest BCUT2D eigenvalue weighted by molar-refractivity contribution is 5.00. The number of aromatic amines is 1. The molecule has 1 heterocycles. The lowest BCUT2D eigenvalue weighted by atomic mass is 9.93. The van der Waals surface area contributed by atoms with Crippen LogP contribution in [0.4, 0.5) is 0 Å². The number of hydrogen-bond acceptors (Lipinski definition) is 4. The SMILES string of the molecule is CCOC1(c2noc(=O)[nH]2)CCCCCC1. The first kappa shape index (κ1) is 11.4. The lowest BCUT2D eigenvalue weighted by Gasteiger charge is -2.29. The first-order chi connectivity index (χ1) is 7.77. The van der Waals surface area contributed by atoms with E-state index in [0.29, 0.717) is 12.4 Å². The van der Waals surface area contributed by atoms with Crippen molar-refractivity contribution in [3.05, 3.63) is 16.4 Å². The third-order valence-electron chi connectivity index (χ3n) is 3.20. The summed E-state index contributed by atoms with van der Waals surface area (Å²) in [5.74, 6) is 0.0552. The van der Waals surface area contributed by atoms with Crippen LogP contribution in [0.1, 0.15) is 51.3 Å². The molecule has 5 nitrogen and oxygen atoms in total. The van der Waals surface area contributed by atoms with E-state index in [-0.39, 0.29) is 0 Å². The molecule has 0 bridgehead atoms. The second-order valence-electron chi connectivity index (χ2n) is 4.29. The molecule has 0 aromatic carbocycles. The molecular formula is C11H18N2O3. The molecular weight excluding hydrogens is 208 g/mol. The summed E-state index contributed by atoms with van der Waals surface area (Å²) in [6.07, 6.45) is 6.46. The monoisotopic (exact) mass is 226 g/mol.